The summed E-state index contributed by atoms with van der Waals surface area (Å²) in [6.45, 7) is 0. The molecule has 0 aliphatic rings. The van der Waals surface area contributed by atoms with Gasteiger partial charge in [-0.1, -0.05) is 0 Å². The first-order valence-corrected chi connectivity index (χ1v) is 6.12. The fourth-order valence-corrected chi connectivity index (χ4v) is 1.72. The van der Waals surface area contributed by atoms with Crippen LogP contribution in [-0.4, -0.2) is 24.3 Å². The summed E-state index contributed by atoms with van der Waals surface area (Å²) >= 11 is 0. The van der Waals surface area contributed by atoms with Crippen molar-refractivity contribution in [3.8, 4) is 11.6 Å². The number of nitro groups is 1. The zero-order valence-electron chi connectivity index (χ0n) is 12.0. The van der Waals surface area contributed by atoms with Gasteiger partial charge in [-0.15, -0.1) is 10.2 Å². The van der Waals surface area contributed by atoms with Crippen LogP contribution in [0.2, 0.25) is 0 Å². The molecular formula is C12H11N5O6. The summed E-state index contributed by atoms with van der Waals surface area (Å²) in [7, 11) is 2.44. The minimum Gasteiger partial charge on any atom is -0.505 e. The number of aromatic nitrogens is 2. The van der Waals surface area contributed by atoms with E-state index in [1.165, 1.54) is 14.1 Å². The molecule has 2 N–H and O–H groups in total. The second-order valence-corrected chi connectivity index (χ2v) is 4.51. The standard InChI is InChI=1S/C12H11N5O6/c1-15-10(19)9(11(20)16(2)12(15)21)14-13-7-4-3-6(17(22)23)5-8(7)18/h3-5,18-19H,1-2H3. The fraction of sp³-hybridized carbons (Fsp3) is 0.167. The van der Waals surface area contributed by atoms with Crippen LogP contribution in [-0.2, 0) is 14.1 Å². The quantitative estimate of drug-likeness (QED) is 0.485. The maximum absolute atomic E-state index is 11.9. The van der Waals surface area contributed by atoms with E-state index in [1.807, 2.05) is 0 Å². The Kier molecular flexibility index (Phi) is 3.94. The molecule has 0 amide bonds. The lowest BCUT2D eigenvalue weighted by Gasteiger charge is -2.06. The number of phenols is 1. The lowest BCUT2D eigenvalue weighted by Crippen LogP contribution is -2.36. The van der Waals surface area contributed by atoms with Gasteiger partial charge in [0.1, 0.15) is 11.4 Å². The molecule has 0 atom stereocenters. The molecular weight excluding hydrogens is 310 g/mol. The van der Waals surface area contributed by atoms with Gasteiger partial charge in [-0.25, -0.2) is 4.79 Å². The van der Waals surface area contributed by atoms with Gasteiger partial charge >= 0.3 is 5.69 Å². The summed E-state index contributed by atoms with van der Waals surface area (Å²) in [4.78, 5) is 33.3. The Balaban J connectivity index is 2.52. The highest BCUT2D eigenvalue weighted by atomic mass is 16.6. The second kappa shape index (κ2) is 5.71. The molecule has 120 valence electrons. The number of nitro benzene ring substituents is 1. The van der Waals surface area contributed by atoms with E-state index in [4.69, 9.17) is 0 Å². The van der Waals surface area contributed by atoms with Crippen molar-refractivity contribution >= 4 is 17.1 Å². The normalized spacial score (nSPS) is 11.0. The third-order valence-electron chi connectivity index (χ3n) is 3.04. The van der Waals surface area contributed by atoms with E-state index < -0.39 is 33.5 Å². The van der Waals surface area contributed by atoms with Crippen LogP contribution >= 0.6 is 0 Å². The Morgan fingerprint density at radius 2 is 1.78 bits per heavy atom. The van der Waals surface area contributed by atoms with Crippen LogP contribution in [0.25, 0.3) is 0 Å². The molecule has 0 unspecified atom stereocenters. The summed E-state index contributed by atoms with van der Waals surface area (Å²) in [6.07, 6.45) is 0. The number of aromatic hydroxyl groups is 2. The summed E-state index contributed by atoms with van der Waals surface area (Å²) in [5, 5.41) is 37.1. The van der Waals surface area contributed by atoms with Gasteiger partial charge in [-0.05, 0) is 6.07 Å². The van der Waals surface area contributed by atoms with Crippen molar-refractivity contribution in [2.45, 2.75) is 0 Å². The number of rotatable bonds is 3. The largest absolute Gasteiger partial charge is 0.505 e. The van der Waals surface area contributed by atoms with Gasteiger partial charge < -0.3 is 10.2 Å². The molecule has 11 nitrogen and oxygen atoms in total. The SMILES string of the molecule is Cn1c(O)c(N=Nc2ccc([N+](=O)[O-])cc2O)c(=O)n(C)c1=O. The van der Waals surface area contributed by atoms with Crippen molar-refractivity contribution in [2.75, 3.05) is 0 Å². The van der Waals surface area contributed by atoms with E-state index in [0.717, 1.165) is 27.3 Å². The highest BCUT2D eigenvalue weighted by Crippen LogP contribution is 2.32. The Hall–Kier alpha value is -3.50. The minimum absolute atomic E-state index is 0.147. The molecule has 0 saturated heterocycles. The van der Waals surface area contributed by atoms with Crippen molar-refractivity contribution < 1.29 is 15.1 Å². The van der Waals surface area contributed by atoms with Gasteiger partial charge in [-0.3, -0.25) is 24.0 Å². The zero-order chi connectivity index (χ0) is 17.3. The lowest BCUT2D eigenvalue weighted by molar-refractivity contribution is -0.384. The van der Waals surface area contributed by atoms with Gasteiger partial charge in [-0.2, -0.15) is 0 Å². The third-order valence-corrected chi connectivity index (χ3v) is 3.04. The van der Waals surface area contributed by atoms with Gasteiger partial charge in [0.2, 0.25) is 11.6 Å². The first-order chi connectivity index (χ1) is 10.7. The minimum atomic E-state index is -0.879. The van der Waals surface area contributed by atoms with Gasteiger partial charge in [0.25, 0.3) is 11.2 Å². The van der Waals surface area contributed by atoms with Crippen molar-refractivity contribution in [1.29, 1.82) is 0 Å². The van der Waals surface area contributed by atoms with Crippen molar-refractivity contribution in [3.63, 3.8) is 0 Å². The molecule has 0 fully saturated rings. The van der Waals surface area contributed by atoms with Crippen LogP contribution in [0.5, 0.6) is 11.6 Å². The van der Waals surface area contributed by atoms with E-state index in [-0.39, 0.29) is 11.4 Å². The Morgan fingerprint density at radius 1 is 1.13 bits per heavy atom. The number of phenolic OH excluding ortho intramolecular Hbond substituents is 1. The van der Waals surface area contributed by atoms with E-state index in [1.54, 1.807) is 0 Å². The number of hydrogen-bond acceptors (Lipinski definition) is 8. The zero-order valence-corrected chi connectivity index (χ0v) is 12.0. The Labute approximate surface area is 127 Å². The summed E-state index contributed by atoms with van der Waals surface area (Å²) < 4.78 is 1.52. The number of nitrogens with zero attached hydrogens (tertiary/aromatic N) is 5. The average molecular weight is 321 g/mol. The van der Waals surface area contributed by atoms with Crippen molar-refractivity contribution in [1.82, 2.24) is 9.13 Å². The number of non-ortho nitro benzene ring substituents is 1. The summed E-state index contributed by atoms with van der Waals surface area (Å²) in [5.74, 6) is -1.22. The molecule has 0 bridgehead atoms. The second-order valence-electron chi connectivity index (χ2n) is 4.51. The fourth-order valence-electron chi connectivity index (χ4n) is 1.72. The smallest absolute Gasteiger partial charge is 0.333 e. The maximum atomic E-state index is 11.9. The third kappa shape index (κ3) is 2.79. The first kappa shape index (κ1) is 15.9. The van der Waals surface area contributed by atoms with Crippen LogP contribution in [0.1, 0.15) is 0 Å². The number of azo groups is 1. The Bertz CT molecular complexity index is 942. The maximum Gasteiger partial charge on any atom is 0.333 e. The molecule has 0 spiro atoms. The molecule has 1 heterocycles. The van der Waals surface area contributed by atoms with Gasteiger partial charge in [0, 0.05) is 20.2 Å². The predicted molar refractivity (Wildman–Crippen MR) is 77.5 cm³/mol. The summed E-state index contributed by atoms with van der Waals surface area (Å²) in [6, 6.07) is 3.08. The molecule has 1 aromatic carbocycles. The van der Waals surface area contributed by atoms with Crippen LogP contribution in [0.4, 0.5) is 17.1 Å². The lowest BCUT2D eigenvalue weighted by atomic mass is 10.2. The van der Waals surface area contributed by atoms with E-state index in [9.17, 15) is 29.9 Å². The molecule has 0 aliphatic carbocycles. The van der Waals surface area contributed by atoms with Crippen molar-refractivity contribution in [3.05, 3.63) is 49.2 Å². The molecule has 2 aromatic rings. The first-order valence-electron chi connectivity index (χ1n) is 6.12. The van der Waals surface area contributed by atoms with Crippen LogP contribution in [0, 0.1) is 10.1 Å². The average Bonchev–Trinajstić information content (AvgIpc) is 2.52. The van der Waals surface area contributed by atoms with Crippen LogP contribution in [0.15, 0.2) is 38.0 Å². The molecule has 0 aliphatic heterocycles. The van der Waals surface area contributed by atoms with Gasteiger partial charge in [0.05, 0.1) is 11.0 Å². The Morgan fingerprint density at radius 3 is 2.35 bits per heavy atom. The highest BCUT2D eigenvalue weighted by Gasteiger charge is 2.15. The molecule has 23 heavy (non-hydrogen) atoms. The molecule has 0 saturated carbocycles. The van der Waals surface area contributed by atoms with Crippen LogP contribution < -0.4 is 11.2 Å². The van der Waals surface area contributed by atoms with Crippen molar-refractivity contribution in [2.24, 2.45) is 24.3 Å². The molecule has 11 heteroatoms. The highest BCUT2D eigenvalue weighted by molar-refractivity contribution is 5.56. The molecule has 1 aromatic heterocycles. The number of hydrogen-bond donors (Lipinski definition) is 2. The topological polar surface area (TPSA) is 152 Å². The monoisotopic (exact) mass is 321 g/mol. The summed E-state index contributed by atoms with van der Waals surface area (Å²) in [5.41, 5.74) is -2.62. The van der Waals surface area contributed by atoms with E-state index >= 15 is 0 Å². The van der Waals surface area contributed by atoms with Crippen LogP contribution in [0.3, 0.4) is 0 Å². The van der Waals surface area contributed by atoms with E-state index in [0.29, 0.717) is 0 Å². The van der Waals surface area contributed by atoms with Gasteiger partial charge in [0.15, 0.2) is 0 Å². The molecule has 0 radical (unpaired) electrons. The predicted octanol–water partition coefficient (Wildman–Crippen LogP) is 0.819. The van der Waals surface area contributed by atoms with E-state index in [2.05, 4.69) is 10.2 Å². The number of benzene rings is 1. The molecule has 2 rings (SSSR count).